The molecule has 68 valence electrons. The van der Waals surface area contributed by atoms with E-state index < -0.39 is 0 Å². The fraction of sp³-hybridized carbons (Fsp3) is 0.444. The Kier molecular flexibility index (Phi) is 5.97. The Balaban J connectivity index is 0.000000561. The number of rotatable bonds is 1. The maximum Gasteiger partial charge on any atom is 0.192 e. The van der Waals surface area contributed by atoms with Crippen molar-refractivity contribution >= 4 is 5.97 Å². The summed E-state index contributed by atoms with van der Waals surface area (Å²) >= 11 is 0. The van der Waals surface area contributed by atoms with Gasteiger partial charge in [-0.3, -0.25) is 0 Å². The summed E-state index contributed by atoms with van der Waals surface area (Å²) in [6.45, 7) is 4.00. The maximum atomic E-state index is 12.4. The molecule has 0 spiro atoms. The molecule has 0 bridgehead atoms. The van der Waals surface area contributed by atoms with Crippen LogP contribution in [0.4, 0.5) is 4.39 Å². The lowest BCUT2D eigenvalue weighted by Crippen LogP contribution is -2.01. The average molecular weight is 170 g/mol. The van der Waals surface area contributed by atoms with Crippen molar-refractivity contribution in [1.82, 2.24) is 5.32 Å². The molecule has 0 amide bonds. The maximum absolute atomic E-state index is 12.4. The molecule has 0 atom stereocenters. The highest BCUT2D eigenvalue weighted by Crippen LogP contribution is 2.02. The second-order valence-corrected chi connectivity index (χ2v) is 1.95. The summed E-state index contributed by atoms with van der Waals surface area (Å²) in [5.41, 5.74) is 0.827. The minimum atomic E-state index is -0.346. The zero-order valence-corrected chi connectivity index (χ0v) is 7.76. The smallest absolute Gasteiger partial charge is 0.192 e. The summed E-state index contributed by atoms with van der Waals surface area (Å²) in [6, 6.07) is 0. The zero-order valence-electron chi connectivity index (χ0n) is 7.76. The first-order chi connectivity index (χ1) is 5.83. The largest absolute Gasteiger partial charge is 0.387 e. The molecule has 3 heteroatoms. The van der Waals surface area contributed by atoms with E-state index in [1.807, 2.05) is 13.8 Å². The normalized spacial score (nSPS) is 15.0. The molecule has 0 unspecified atom stereocenters. The molecule has 0 aromatic carbocycles. The van der Waals surface area contributed by atoms with E-state index in [1.54, 1.807) is 19.2 Å². The second-order valence-electron chi connectivity index (χ2n) is 1.95. The average Bonchev–Trinajstić information content (AvgIpc) is 2.33. The minimum Gasteiger partial charge on any atom is -0.387 e. The zero-order chi connectivity index (χ0) is 9.40. The topological polar surface area (TPSA) is 24.4 Å². The van der Waals surface area contributed by atoms with Crippen molar-refractivity contribution in [2.24, 2.45) is 4.99 Å². The van der Waals surface area contributed by atoms with Crippen LogP contribution in [0.25, 0.3) is 0 Å². The van der Waals surface area contributed by atoms with E-state index in [9.17, 15) is 4.39 Å². The lowest BCUT2D eigenvalue weighted by Gasteiger charge is -1.93. The van der Waals surface area contributed by atoms with E-state index in [-0.39, 0.29) is 5.97 Å². The standard InChI is InChI=1S/C7H9FN2.C2H6/c1-9-6-3-2-4-7(8)10-5-6;1-2/h2-3,5,9H,4H2,1H3;1-2H3. The summed E-state index contributed by atoms with van der Waals surface area (Å²) in [5.74, 6) is -0.346. The van der Waals surface area contributed by atoms with Gasteiger partial charge in [-0.2, -0.15) is 4.39 Å². The fourth-order valence-electron chi connectivity index (χ4n) is 0.666. The first kappa shape index (κ1) is 10.9. The summed E-state index contributed by atoms with van der Waals surface area (Å²) in [4.78, 5) is 3.54. The summed E-state index contributed by atoms with van der Waals surface area (Å²) < 4.78 is 12.4. The van der Waals surface area contributed by atoms with Crippen molar-refractivity contribution < 1.29 is 4.39 Å². The highest BCUT2D eigenvalue weighted by molar-refractivity contribution is 5.77. The Morgan fingerprint density at radius 2 is 2.17 bits per heavy atom. The van der Waals surface area contributed by atoms with Crippen LogP contribution < -0.4 is 5.32 Å². The predicted octanol–water partition coefficient (Wildman–Crippen LogP) is 2.40. The van der Waals surface area contributed by atoms with E-state index in [2.05, 4.69) is 10.3 Å². The molecule has 2 nitrogen and oxygen atoms in total. The fourth-order valence-corrected chi connectivity index (χ4v) is 0.666. The molecule has 1 aliphatic heterocycles. The quantitative estimate of drug-likeness (QED) is 0.642. The van der Waals surface area contributed by atoms with Crippen LogP contribution in [0.1, 0.15) is 20.3 Å². The number of nitrogens with one attached hydrogen (secondary N) is 1. The highest BCUT2D eigenvalue weighted by Gasteiger charge is 1.95. The van der Waals surface area contributed by atoms with Gasteiger partial charge in [0, 0.05) is 13.5 Å². The number of allylic oxidation sites excluding steroid dienone is 2. The third-order valence-corrected chi connectivity index (χ3v) is 1.22. The van der Waals surface area contributed by atoms with Gasteiger partial charge in [0.2, 0.25) is 0 Å². The molecule has 1 aliphatic rings. The molecule has 1 N–H and O–H groups in total. The lowest BCUT2D eigenvalue weighted by atomic mass is 10.3. The predicted molar refractivity (Wildman–Crippen MR) is 50.8 cm³/mol. The Morgan fingerprint density at radius 1 is 1.50 bits per heavy atom. The molecule has 1 heterocycles. The molecule has 0 saturated heterocycles. The van der Waals surface area contributed by atoms with Crippen molar-refractivity contribution in [3.63, 3.8) is 0 Å². The summed E-state index contributed by atoms with van der Waals surface area (Å²) in [7, 11) is 1.77. The van der Waals surface area contributed by atoms with Crippen LogP contribution in [0, 0.1) is 0 Å². The van der Waals surface area contributed by atoms with Gasteiger partial charge in [0.1, 0.15) is 0 Å². The number of nitrogens with zero attached hydrogens (tertiary/aromatic N) is 1. The van der Waals surface area contributed by atoms with E-state index in [4.69, 9.17) is 0 Å². The number of halogens is 1. The van der Waals surface area contributed by atoms with Gasteiger partial charge in [-0.05, 0) is 6.08 Å². The van der Waals surface area contributed by atoms with E-state index >= 15 is 0 Å². The molecule has 12 heavy (non-hydrogen) atoms. The van der Waals surface area contributed by atoms with Gasteiger partial charge in [-0.1, -0.05) is 19.9 Å². The van der Waals surface area contributed by atoms with Crippen LogP contribution >= 0.6 is 0 Å². The molecule has 0 radical (unpaired) electrons. The SMILES string of the molecule is CC.CNC1=CN=C(F)CC=C1. The number of hydrogen-bond acceptors (Lipinski definition) is 2. The monoisotopic (exact) mass is 170 g/mol. The van der Waals surface area contributed by atoms with Gasteiger partial charge < -0.3 is 5.32 Å². The van der Waals surface area contributed by atoms with Crippen molar-refractivity contribution in [3.05, 3.63) is 24.0 Å². The highest BCUT2D eigenvalue weighted by atomic mass is 19.1. The molecule has 0 aromatic rings. The van der Waals surface area contributed by atoms with Gasteiger partial charge in [0.05, 0.1) is 11.9 Å². The van der Waals surface area contributed by atoms with Crippen LogP contribution in [0.3, 0.4) is 0 Å². The number of aliphatic imine (C=N–C) groups is 1. The molecule has 0 fully saturated rings. The number of hydrogen-bond donors (Lipinski definition) is 1. The third kappa shape index (κ3) is 3.91. The molecule has 0 aromatic heterocycles. The van der Waals surface area contributed by atoms with Gasteiger partial charge in [0.25, 0.3) is 0 Å². The Hall–Kier alpha value is -1.12. The molecular formula is C9H15FN2. The Morgan fingerprint density at radius 3 is 2.75 bits per heavy atom. The molecule has 1 rings (SSSR count). The third-order valence-electron chi connectivity index (χ3n) is 1.22. The van der Waals surface area contributed by atoms with Gasteiger partial charge >= 0.3 is 0 Å². The van der Waals surface area contributed by atoms with Crippen molar-refractivity contribution in [1.29, 1.82) is 0 Å². The van der Waals surface area contributed by atoms with Gasteiger partial charge in [-0.15, -0.1) is 0 Å². The van der Waals surface area contributed by atoms with Crippen molar-refractivity contribution in [3.8, 4) is 0 Å². The Bertz CT molecular complexity index is 205. The summed E-state index contributed by atoms with van der Waals surface area (Å²) in [6.07, 6.45) is 5.30. The van der Waals surface area contributed by atoms with Crippen LogP contribution in [0.5, 0.6) is 0 Å². The van der Waals surface area contributed by atoms with Crippen LogP contribution in [-0.2, 0) is 0 Å². The first-order valence-corrected chi connectivity index (χ1v) is 4.09. The molecule has 0 aliphatic carbocycles. The van der Waals surface area contributed by atoms with E-state index in [0.717, 1.165) is 5.70 Å². The minimum absolute atomic E-state index is 0.293. The molecule has 0 saturated carbocycles. The van der Waals surface area contributed by atoms with Crippen LogP contribution in [0.15, 0.2) is 29.0 Å². The second kappa shape index (κ2) is 6.58. The van der Waals surface area contributed by atoms with Crippen LogP contribution in [-0.4, -0.2) is 13.0 Å². The van der Waals surface area contributed by atoms with Crippen molar-refractivity contribution in [2.75, 3.05) is 7.05 Å². The molecular weight excluding hydrogens is 155 g/mol. The lowest BCUT2D eigenvalue weighted by molar-refractivity contribution is 0.783. The first-order valence-electron chi connectivity index (χ1n) is 4.09. The summed E-state index contributed by atoms with van der Waals surface area (Å²) in [5, 5.41) is 2.86. The van der Waals surface area contributed by atoms with Gasteiger partial charge in [0.15, 0.2) is 5.97 Å². The van der Waals surface area contributed by atoms with Gasteiger partial charge in [-0.25, -0.2) is 4.99 Å². The van der Waals surface area contributed by atoms with E-state index in [0.29, 0.717) is 6.42 Å². The number of likely N-dealkylation sites (N-methyl/N-ethyl adjacent to an activating group) is 1. The van der Waals surface area contributed by atoms with E-state index in [1.165, 1.54) is 6.20 Å². The van der Waals surface area contributed by atoms with Crippen LogP contribution in [0.2, 0.25) is 0 Å². The Labute approximate surface area is 72.9 Å². The van der Waals surface area contributed by atoms with Crippen molar-refractivity contribution in [2.45, 2.75) is 20.3 Å².